The first-order chi connectivity index (χ1) is 9.28. The van der Waals surface area contributed by atoms with Crippen molar-refractivity contribution < 1.29 is 4.42 Å². The molecule has 0 saturated carbocycles. The molecule has 0 fully saturated rings. The highest BCUT2D eigenvalue weighted by Gasteiger charge is 2.10. The van der Waals surface area contributed by atoms with Gasteiger partial charge in [0, 0.05) is 16.9 Å². The molecule has 1 aromatic carbocycles. The molecule has 0 amide bonds. The van der Waals surface area contributed by atoms with Crippen LogP contribution in [0.25, 0.3) is 21.7 Å². The van der Waals surface area contributed by atoms with E-state index in [-0.39, 0.29) is 0 Å². The minimum absolute atomic E-state index is 0.531. The lowest BCUT2D eigenvalue weighted by Crippen LogP contribution is -1.82. The number of fused-ring (bicyclic) bond motifs is 1. The van der Waals surface area contributed by atoms with Crippen LogP contribution < -0.4 is 0 Å². The summed E-state index contributed by atoms with van der Waals surface area (Å²) in [6.07, 6.45) is 2.74. The van der Waals surface area contributed by atoms with Gasteiger partial charge in [-0.1, -0.05) is 0 Å². The van der Waals surface area contributed by atoms with Gasteiger partial charge >= 0.3 is 0 Å². The number of aromatic nitrogens is 2. The Morgan fingerprint density at radius 2 is 2.32 bits per heavy atom. The fourth-order valence-corrected chi connectivity index (χ4v) is 3.00. The Labute approximate surface area is 114 Å². The van der Waals surface area contributed by atoms with Gasteiger partial charge in [0.05, 0.1) is 11.8 Å². The third-order valence-corrected chi connectivity index (χ3v) is 4.20. The normalized spacial score (nSPS) is 10.7. The number of rotatable bonds is 3. The Kier molecular flexibility index (Phi) is 3.02. The van der Waals surface area contributed by atoms with Crippen molar-refractivity contribution >= 4 is 22.4 Å². The zero-order chi connectivity index (χ0) is 13.2. The maximum Gasteiger partial charge on any atom is 0.181 e. The molecule has 2 heterocycles. The highest BCUT2D eigenvalue weighted by molar-refractivity contribution is 7.15. The summed E-state index contributed by atoms with van der Waals surface area (Å²) in [5, 5.41) is 9.61. The van der Waals surface area contributed by atoms with Crippen LogP contribution in [0.1, 0.15) is 17.0 Å². The molecule has 4 nitrogen and oxygen atoms in total. The van der Waals surface area contributed by atoms with Gasteiger partial charge in [0.25, 0.3) is 0 Å². The Bertz CT molecular complexity index is 766. The lowest BCUT2D eigenvalue weighted by Gasteiger charge is -1.94. The number of aryl methyl sites for hydroxylation is 2. The molecule has 0 aliphatic rings. The van der Waals surface area contributed by atoms with E-state index < -0.39 is 0 Å². The molecule has 0 saturated heterocycles. The number of benzene rings is 1. The smallest absolute Gasteiger partial charge is 0.181 e. The maximum atomic E-state index is 8.65. The molecule has 5 heteroatoms. The molecule has 0 bridgehead atoms. The van der Waals surface area contributed by atoms with Crippen LogP contribution >= 0.6 is 11.3 Å². The fraction of sp³-hybridized carbons (Fsp3) is 0.214. The van der Waals surface area contributed by atoms with Gasteiger partial charge in [-0.15, -0.1) is 11.3 Å². The van der Waals surface area contributed by atoms with Crippen molar-refractivity contribution in [2.24, 2.45) is 0 Å². The molecule has 0 radical (unpaired) electrons. The fourth-order valence-electron chi connectivity index (χ4n) is 1.94. The van der Waals surface area contributed by atoms with Crippen molar-refractivity contribution in [3.63, 3.8) is 0 Å². The Hall–Kier alpha value is -2.19. The molecule has 0 N–H and O–H groups in total. The molecule has 0 atom stereocenters. The number of oxazole rings is 1. The number of thiazole rings is 1. The molecule has 19 heavy (non-hydrogen) atoms. The highest BCUT2D eigenvalue weighted by Crippen LogP contribution is 2.30. The molecule has 0 unspecified atom stereocenters. The average Bonchev–Trinajstić information content (AvgIpc) is 3.02. The molecular weight excluding hydrogens is 258 g/mol. The van der Waals surface area contributed by atoms with Crippen LogP contribution in [0.2, 0.25) is 0 Å². The zero-order valence-electron chi connectivity index (χ0n) is 10.4. The van der Waals surface area contributed by atoms with Gasteiger partial charge in [-0.25, -0.2) is 9.97 Å². The predicted molar refractivity (Wildman–Crippen MR) is 73.8 cm³/mol. The molecule has 0 spiro atoms. The number of hydrogen-bond acceptors (Lipinski definition) is 5. The van der Waals surface area contributed by atoms with Crippen LogP contribution in [0.3, 0.4) is 0 Å². The van der Waals surface area contributed by atoms with E-state index >= 15 is 0 Å². The first kappa shape index (κ1) is 11.9. The largest absolute Gasteiger partial charge is 0.443 e. The summed E-state index contributed by atoms with van der Waals surface area (Å²) in [5.74, 6) is 0. The predicted octanol–water partition coefficient (Wildman–Crippen LogP) is 3.72. The summed E-state index contributed by atoms with van der Waals surface area (Å²) in [6.45, 7) is 1.99. The average molecular weight is 269 g/mol. The Morgan fingerprint density at radius 1 is 1.42 bits per heavy atom. The zero-order valence-corrected chi connectivity index (χ0v) is 11.2. The Morgan fingerprint density at radius 3 is 3.16 bits per heavy atom. The van der Waals surface area contributed by atoms with Gasteiger partial charge in [0.15, 0.2) is 12.0 Å². The van der Waals surface area contributed by atoms with Crippen molar-refractivity contribution in [3.8, 4) is 16.6 Å². The van der Waals surface area contributed by atoms with Crippen molar-refractivity contribution in [2.75, 3.05) is 0 Å². The molecule has 0 aliphatic carbocycles. The minimum Gasteiger partial charge on any atom is -0.443 e. The van der Waals surface area contributed by atoms with Crippen LogP contribution in [0.4, 0.5) is 0 Å². The minimum atomic E-state index is 0.531. The third kappa shape index (κ3) is 2.23. The number of nitriles is 1. The van der Waals surface area contributed by atoms with Crippen molar-refractivity contribution in [3.05, 3.63) is 35.2 Å². The summed E-state index contributed by atoms with van der Waals surface area (Å²) in [6, 6.07) is 8.05. The van der Waals surface area contributed by atoms with Crippen molar-refractivity contribution in [2.45, 2.75) is 19.8 Å². The standard InChI is InChI=1S/C14H11N3OS/c1-9-13(3-2-6-15)19-14(17-9)10-4-5-11-12(7-10)18-8-16-11/h4-5,7-8H,2-3H2,1H3. The monoisotopic (exact) mass is 269 g/mol. The second-order valence-electron chi connectivity index (χ2n) is 4.22. The van der Waals surface area contributed by atoms with E-state index in [4.69, 9.17) is 9.68 Å². The first-order valence-electron chi connectivity index (χ1n) is 5.95. The van der Waals surface area contributed by atoms with Crippen LogP contribution in [0.15, 0.2) is 29.0 Å². The Balaban J connectivity index is 1.99. The van der Waals surface area contributed by atoms with Gasteiger partial charge in [-0.3, -0.25) is 0 Å². The van der Waals surface area contributed by atoms with Crippen LogP contribution in [-0.4, -0.2) is 9.97 Å². The van der Waals surface area contributed by atoms with Crippen molar-refractivity contribution in [1.29, 1.82) is 5.26 Å². The van der Waals surface area contributed by atoms with E-state index in [1.54, 1.807) is 11.3 Å². The van der Waals surface area contributed by atoms with Gasteiger partial charge in [0.2, 0.25) is 0 Å². The SMILES string of the molecule is Cc1nc(-c2ccc3ncoc3c2)sc1CCC#N. The summed E-state index contributed by atoms with van der Waals surface area (Å²) in [7, 11) is 0. The quantitative estimate of drug-likeness (QED) is 0.727. The lowest BCUT2D eigenvalue weighted by molar-refractivity contribution is 0.602. The molecule has 0 aliphatic heterocycles. The third-order valence-electron chi connectivity index (χ3n) is 2.93. The summed E-state index contributed by atoms with van der Waals surface area (Å²) < 4.78 is 5.30. The van der Waals surface area contributed by atoms with Gasteiger partial charge < -0.3 is 4.42 Å². The van der Waals surface area contributed by atoms with E-state index in [1.165, 1.54) is 11.3 Å². The molecule has 3 aromatic rings. The van der Waals surface area contributed by atoms with Crippen LogP contribution in [-0.2, 0) is 6.42 Å². The van der Waals surface area contributed by atoms with E-state index in [0.29, 0.717) is 6.42 Å². The van der Waals surface area contributed by atoms with Crippen LogP contribution in [0.5, 0.6) is 0 Å². The number of hydrogen-bond donors (Lipinski definition) is 0. The highest BCUT2D eigenvalue weighted by atomic mass is 32.1. The maximum absolute atomic E-state index is 8.65. The lowest BCUT2D eigenvalue weighted by atomic mass is 10.2. The van der Waals surface area contributed by atoms with Gasteiger partial charge in [-0.2, -0.15) is 5.26 Å². The topological polar surface area (TPSA) is 62.7 Å². The van der Waals surface area contributed by atoms with E-state index in [0.717, 1.165) is 33.8 Å². The van der Waals surface area contributed by atoms with E-state index in [9.17, 15) is 0 Å². The number of nitrogens with zero attached hydrogens (tertiary/aromatic N) is 3. The summed E-state index contributed by atoms with van der Waals surface area (Å²) >= 11 is 1.64. The molecule has 3 rings (SSSR count). The van der Waals surface area contributed by atoms with Crippen LogP contribution in [0, 0.1) is 18.3 Å². The van der Waals surface area contributed by atoms with Crippen molar-refractivity contribution in [1.82, 2.24) is 9.97 Å². The molecule has 2 aromatic heterocycles. The van der Waals surface area contributed by atoms with Gasteiger partial charge in [0.1, 0.15) is 10.5 Å². The second kappa shape index (κ2) is 4.82. The molecule has 94 valence electrons. The van der Waals surface area contributed by atoms with Gasteiger partial charge in [-0.05, 0) is 31.5 Å². The van der Waals surface area contributed by atoms with E-state index in [1.807, 2.05) is 25.1 Å². The second-order valence-corrected chi connectivity index (χ2v) is 5.30. The summed E-state index contributed by atoms with van der Waals surface area (Å²) in [5.41, 5.74) is 3.65. The summed E-state index contributed by atoms with van der Waals surface area (Å²) in [4.78, 5) is 9.84. The van der Waals surface area contributed by atoms with E-state index in [2.05, 4.69) is 16.0 Å². The first-order valence-corrected chi connectivity index (χ1v) is 6.76. The molecular formula is C14H11N3OS.